The van der Waals surface area contributed by atoms with Crippen molar-refractivity contribution in [2.45, 2.75) is 61.8 Å². The van der Waals surface area contributed by atoms with Gasteiger partial charge in [-0.15, -0.1) is 0 Å². The molecular formula is C21H30N2. The van der Waals surface area contributed by atoms with E-state index in [-0.39, 0.29) is 0 Å². The SMILES string of the molecule is Cc1c(C)c(Cc2c(C)c(C)c(N)c(C)c2C)c(C)c(C)c1N. The summed E-state index contributed by atoms with van der Waals surface area (Å²) >= 11 is 0. The molecule has 0 amide bonds. The summed E-state index contributed by atoms with van der Waals surface area (Å²) in [6.45, 7) is 17.3. The van der Waals surface area contributed by atoms with Crippen LogP contribution in [-0.2, 0) is 6.42 Å². The van der Waals surface area contributed by atoms with Crippen LogP contribution < -0.4 is 11.5 Å². The maximum Gasteiger partial charge on any atom is 0.0378 e. The Labute approximate surface area is 140 Å². The predicted octanol–water partition coefficient (Wildman–Crippen LogP) is 4.91. The lowest BCUT2D eigenvalue weighted by Gasteiger charge is -2.22. The standard InChI is InChI=1S/C21H30N2/c1-10-14(5)20(22)15(6)11(2)18(10)9-19-12(3)16(7)21(23)17(8)13(19)4/h9,22-23H2,1-8H3. The molecular weight excluding hydrogens is 280 g/mol. The molecule has 0 saturated carbocycles. The highest BCUT2D eigenvalue weighted by Crippen LogP contribution is 2.34. The van der Waals surface area contributed by atoms with Crippen LogP contribution in [0, 0.1) is 55.4 Å². The van der Waals surface area contributed by atoms with Gasteiger partial charge in [-0.05, 0) is 117 Å². The minimum Gasteiger partial charge on any atom is -0.398 e. The lowest BCUT2D eigenvalue weighted by atomic mass is 9.84. The van der Waals surface area contributed by atoms with E-state index in [9.17, 15) is 0 Å². The second-order valence-electron chi connectivity index (χ2n) is 6.96. The Morgan fingerprint density at radius 1 is 0.435 bits per heavy atom. The van der Waals surface area contributed by atoms with Crippen molar-refractivity contribution in [3.05, 3.63) is 55.6 Å². The van der Waals surface area contributed by atoms with E-state index >= 15 is 0 Å². The van der Waals surface area contributed by atoms with E-state index in [0.717, 1.165) is 17.8 Å². The second-order valence-corrected chi connectivity index (χ2v) is 6.96. The molecule has 0 aliphatic heterocycles. The van der Waals surface area contributed by atoms with Crippen LogP contribution in [0.4, 0.5) is 11.4 Å². The van der Waals surface area contributed by atoms with Crippen molar-refractivity contribution >= 4 is 11.4 Å². The fourth-order valence-electron chi connectivity index (χ4n) is 3.55. The van der Waals surface area contributed by atoms with Gasteiger partial charge in [0.05, 0.1) is 0 Å². The number of benzene rings is 2. The quantitative estimate of drug-likeness (QED) is 0.774. The van der Waals surface area contributed by atoms with E-state index in [1.54, 1.807) is 0 Å². The van der Waals surface area contributed by atoms with Gasteiger partial charge in [0.1, 0.15) is 0 Å². The summed E-state index contributed by atoms with van der Waals surface area (Å²) in [4.78, 5) is 0. The number of nitrogen functional groups attached to an aromatic ring is 2. The van der Waals surface area contributed by atoms with Gasteiger partial charge >= 0.3 is 0 Å². The lowest BCUT2D eigenvalue weighted by molar-refractivity contribution is 1.04. The zero-order chi connectivity index (χ0) is 17.6. The fourth-order valence-corrected chi connectivity index (χ4v) is 3.55. The van der Waals surface area contributed by atoms with E-state index in [4.69, 9.17) is 11.5 Å². The van der Waals surface area contributed by atoms with E-state index in [0.29, 0.717) is 0 Å². The van der Waals surface area contributed by atoms with Crippen molar-refractivity contribution < 1.29 is 0 Å². The third-order valence-corrected chi connectivity index (χ3v) is 6.03. The molecule has 2 aromatic rings. The van der Waals surface area contributed by atoms with Gasteiger partial charge in [-0.25, -0.2) is 0 Å². The van der Waals surface area contributed by atoms with Crippen LogP contribution in [-0.4, -0.2) is 0 Å². The number of hydrogen-bond acceptors (Lipinski definition) is 2. The average molecular weight is 310 g/mol. The average Bonchev–Trinajstić information content (AvgIpc) is 2.54. The van der Waals surface area contributed by atoms with E-state index in [1.165, 1.54) is 55.6 Å². The van der Waals surface area contributed by atoms with E-state index in [2.05, 4.69) is 55.4 Å². The second kappa shape index (κ2) is 5.92. The number of hydrogen-bond donors (Lipinski definition) is 2. The van der Waals surface area contributed by atoms with Crippen LogP contribution in [0.1, 0.15) is 55.6 Å². The van der Waals surface area contributed by atoms with Gasteiger partial charge in [-0.3, -0.25) is 0 Å². The normalized spacial score (nSPS) is 11.1. The third kappa shape index (κ3) is 2.60. The molecule has 0 bridgehead atoms. The lowest BCUT2D eigenvalue weighted by Crippen LogP contribution is -2.09. The molecule has 0 heterocycles. The summed E-state index contributed by atoms with van der Waals surface area (Å²) in [6, 6.07) is 0. The molecule has 23 heavy (non-hydrogen) atoms. The molecule has 2 heteroatoms. The molecule has 2 nitrogen and oxygen atoms in total. The first-order valence-corrected chi connectivity index (χ1v) is 8.28. The van der Waals surface area contributed by atoms with Gasteiger partial charge in [0, 0.05) is 11.4 Å². The Morgan fingerprint density at radius 3 is 0.870 bits per heavy atom. The van der Waals surface area contributed by atoms with Crippen molar-refractivity contribution in [2.24, 2.45) is 0 Å². The van der Waals surface area contributed by atoms with Crippen LogP contribution in [0.25, 0.3) is 0 Å². The van der Waals surface area contributed by atoms with Crippen molar-refractivity contribution in [3.63, 3.8) is 0 Å². The zero-order valence-corrected chi connectivity index (χ0v) is 15.9. The van der Waals surface area contributed by atoms with E-state index < -0.39 is 0 Å². The molecule has 0 aromatic heterocycles. The zero-order valence-electron chi connectivity index (χ0n) is 15.9. The van der Waals surface area contributed by atoms with Crippen LogP contribution in [0.3, 0.4) is 0 Å². The number of rotatable bonds is 2. The highest BCUT2D eigenvalue weighted by atomic mass is 14.6. The number of nitrogens with two attached hydrogens (primary N) is 2. The summed E-state index contributed by atoms with van der Waals surface area (Å²) in [5.74, 6) is 0. The van der Waals surface area contributed by atoms with E-state index in [1.807, 2.05) is 0 Å². The summed E-state index contributed by atoms with van der Waals surface area (Å²) in [7, 11) is 0. The summed E-state index contributed by atoms with van der Waals surface area (Å²) in [5.41, 5.74) is 27.3. The van der Waals surface area contributed by atoms with Crippen molar-refractivity contribution in [3.8, 4) is 0 Å². The molecule has 4 N–H and O–H groups in total. The van der Waals surface area contributed by atoms with Gasteiger partial charge < -0.3 is 11.5 Å². The molecule has 0 aliphatic carbocycles. The molecule has 0 spiro atoms. The predicted molar refractivity (Wildman–Crippen MR) is 102 cm³/mol. The molecule has 0 aliphatic rings. The van der Waals surface area contributed by atoms with Gasteiger partial charge in [0.25, 0.3) is 0 Å². The summed E-state index contributed by atoms with van der Waals surface area (Å²) in [5, 5.41) is 0. The number of anilines is 2. The van der Waals surface area contributed by atoms with Crippen LogP contribution in [0.5, 0.6) is 0 Å². The topological polar surface area (TPSA) is 52.0 Å². The Balaban J connectivity index is 2.71. The van der Waals surface area contributed by atoms with Crippen molar-refractivity contribution in [1.82, 2.24) is 0 Å². The monoisotopic (exact) mass is 310 g/mol. The molecule has 124 valence electrons. The largest absolute Gasteiger partial charge is 0.398 e. The molecule has 0 fully saturated rings. The maximum absolute atomic E-state index is 6.26. The van der Waals surface area contributed by atoms with Crippen LogP contribution in [0.2, 0.25) is 0 Å². The van der Waals surface area contributed by atoms with Gasteiger partial charge in [0.15, 0.2) is 0 Å². The van der Waals surface area contributed by atoms with Crippen LogP contribution in [0.15, 0.2) is 0 Å². The Kier molecular flexibility index (Phi) is 4.48. The molecule has 0 unspecified atom stereocenters. The van der Waals surface area contributed by atoms with Crippen molar-refractivity contribution in [2.75, 3.05) is 11.5 Å². The maximum atomic E-state index is 6.26. The Hall–Kier alpha value is -1.96. The Morgan fingerprint density at radius 2 is 0.652 bits per heavy atom. The Bertz CT molecular complexity index is 673. The molecule has 2 aromatic carbocycles. The molecule has 0 radical (unpaired) electrons. The molecule has 2 rings (SSSR count). The molecule has 0 atom stereocenters. The highest BCUT2D eigenvalue weighted by Gasteiger charge is 2.17. The van der Waals surface area contributed by atoms with Crippen molar-refractivity contribution in [1.29, 1.82) is 0 Å². The first kappa shape index (κ1) is 17.4. The first-order valence-electron chi connectivity index (χ1n) is 8.28. The first-order chi connectivity index (χ1) is 10.6. The molecule has 0 saturated heterocycles. The minimum absolute atomic E-state index is 0.932. The van der Waals surface area contributed by atoms with Gasteiger partial charge in [-0.2, -0.15) is 0 Å². The minimum atomic E-state index is 0.932. The highest BCUT2D eigenvalue weighted by molar-refractivity contribution is 5.65. The van der Waals surface area contributed by atoms with Gasteiger partial charge in [0.2, 0.25) is 0 Å². The third-order valence-electron chi connectivity index (χ3n) is 6.03. The summed E-state index contributed by atoms with van der Waals surface area (Å²) < 4.78 is 0. The van der Waals surface area contributed by atoms with Gasteiger partial charge in [-0.1, -0.05) is 0 Å². The smallest absolute Gasteiger partial charge is 0.0378 e. The summed E-state index contributed by atoms with van der Waals surface area (Å²) in [6.07, 6.45) is 0.944. The fraction of sp³-hybridized carbons (Fsp3) is 0.429. The van der Waals surface area contributed by atoms with Crippen LogP contribution >= 0.6 is 0 Å².